The van der Waals surface area contributed by atoms with Crippen molar-refractivity contribution in [3.8, 4) is 11.8 Å². The van der Waals surface area contributed by atoms with Crippen molar-refractivity contribution in [3.63, 3.8) is 0 Å². The molecule has 0 spiro atoms. The quantitative estimate of drug-likeness (QED) is 0.762. The number of hydrogen-bond acceptors (Lipinski definition) is 5. The molecule has 1 aromatic heterocycles. The summed E-state index contributed by atoms with van der Waals surface area (Å²) in [7, 11) is 0. The molecule has 1 atom stereocenters. The largest absolute Gasteiger partial charge is 0.548 e. The van der Waals surface area contributed by atoms with E-state index in [0.717, 1.165) is 17.8 Å². The van der Waals surface area contributed by atoms with Crippen LogP contribution in [0.25, 0.3) is 0 Å². The fourth-order valence-corrected chi connectivity index (χ4v) is 2.39. The van der Waals surface area contributed by atoms with E-state index < -0.39 is 23.5 Å². The van der Waals surface area contributed by atoms with Crippen molar-refractivity contribution in [1.82, 2.24) is 5.32 Å². The molecule has 0 fully saturated rings. The first kappa shape index (κ1) is 18.2. The van der Waals surface area contributed by atoms with E-state index in [1.807, 2.05) is 6.92 Å². The summed E-state index contributed by atoms with van der Waals surface area (Å²) in [6.07, 6.45) is 1.89. The average Bonchev–Trinajstić information content (AvgIpc) is 2.89. The number of aliphatic hydroxyl groups is 1. The Balaban J connectivity index is 2.75. The third kappa shape index (κ3) is 6.29. The Hall–Kier alpha value is -1.84. The van der Waals surface area contributed by atoms with Crippen molar-refractivity contribution in [2.45, 2.75) is 51.7 Å². The Kier molecular flexibility index (Phi) is 6.60. The minimum Gasteiger partial charge on any atom is -0.548 e. The maximum atomic E-state index is 12.0. The molecule has 0 radical (unpaired) electrons. The first-order valence-corrected chi connectivity index (χ1v) is 7.91. The maximum Gasteiger partial charge on any atom is 0.261 e. The fourth-order valence-electron chi connectivity index (χ4n) is 1.63. The van der Waals surface area contributed by atoms with Crippen LogP contribution in [0.4, 0.5) is 0 Å². The van der Waals surface area contributed by atoms with E-state index in [2.05, 4.69) is 17.2 Å². The van der Waals surface area contributed by atoms with Crippen molar-refractivity contribution in [2.75, 3.05) is 0 Å². The Labute approximate surface area is 134 Å². The summed E-state index contributed by atoms with van der Waals surface area (Å²) in [6.45, 7) is 5.08. The average molecular weight is 322 g/mol. The molecule has 6 heteroatoms. The van der Waals surface area contributed by atoms with E-state index in [9.17, 15) is 19.8 Å². The van der Waals surface area contributed by atoms with Crippen LogP contribution >= 0.6 is 11.3 Å². The van der Waals surface area contributed by atoms with Crippen LogP contribution in [0.15, 0.2) is 12.1 Å². The van der Waals surface area contributed by atoms with E-state index in [-0.39, 0.29) is 0 Å². The molecule has 0 aliphatic heterocycles. The third-order valence-electron chi connectivity index (χ3n) is 2.76. The summed E-state index contributed by atoms with van der Waals surface area (Å²) in [5, 5.41) is 23.0. The summed E-state index contributed by atoms with van der Waals surface area (Å²) in [6, 6.07) is 2.26. The van der Waals surface area contributed by atoms with Gasteiger partial charge in [0.1, 0.15) is 5.60 Å². The first-order chi connectivity index (χ1) is 10.2. The second-order valence-corrected chi connectivity index (χ2v) is 6.54. The maximum absolute atomic E-state index is 12.0. The lowest BCUT2D eigenvalue weighted by molar-refractivity contribution is -0.308. The lowest BCUT2D eigenvalue weighted by Crippen LogP contribution is -2.47. The van der Waals surface area contributed by atoms with Crippen LogP contribution in [0.3, 0.4) is 0 Å². The van der Waals surface area contributed by atoms with Crippen LogP contribution in [-0.2, 0) is 4.79 Å². The highest BCUT2D eigenvalue weighted by atomic mass is 32.1. The number of nitrogens with one attached hydrogen (secondary N) is 1. The van der Waals surface area contributed by atoms with Crippen molar-refractivity contribution in [1.29, 1.82) is 0 Å². The van der Waals surface area contributed by atoms with Gasteiger partial charge in [0.25, 0.3) is 5.91 Å². The Morgan fingerprint density at radius 3 is 2.68 bits per heavy atom. The number of amides is 1. The molecule has 22 heavy (non-hydrogen) atoms. The number of carboxylic acids is 1. The van der Waals surface area contributed by atoms with Gasteiger partial charge in [-0.15, -0.1) is 11.3 Å². The van der Waals surface area contributed by atoms with Crippen molar-refractivity contribution < 1.29 is 19.8 Å². The zero-order valence-corrected chi connectivity index (χ0v) is 13.8. The molecule has 0 aromatic carbocycles. The van der Waals surface area contributed by atoms with Gasteiger partial charge in [-0.05, 0) is 32.4 Å². The second kappa shape index (κ2) is 7.97. The van der Waals surface area contributed by atoms with Gasteiger partial charge in [-0.3, -0.25) is 4.79 Å². The van der Waals surface area contributed by atoms with Gasteiger partial charge in [0.05, 0.1) is 21.8 Å². The molecule has 1 aromatic rings. The third-order valence-corrected chi connectivity index (χ3v) is 3.76. The molecule has 2 N–H and O–H groups in total. The standard InChI is InChI=1S/C16H21NO4S/c1-4-5-6-12(15(19)20)17-14(18)13-8-7-11(22-13)9-10-16(2,3)21/h7-8,12,21H,4-6H2,1-3H3,(H,17,18)(H,19,20)/p-1/t12-/m0/s1. The molecule has 0 bridgehead atoms. The Morgan fingerprint density at radius 2 is 2.14 bits per heavy atom. The molecule has 0 unspecified atom stereocenters. The monoisotopic (exact) mass is 322 g/mol. The predicted molar refractivity (Wildman–Crippen MR) is 83.3 cm³/mol. The van der Waals surface area contributed by atoms with Crippen LogP contribution in [-0.4, -0.2) is 28.6 Å². The second-order valence-electron chi connectivity index (χ2n) is 5.46. The van der Waals surface area contributed by atoms with Gasteiger partial charge in [0, 0.05) is 0 Å². The normalized spacial score (nSPS) is 12.2. The fraction of sp³-hybridized carbons (Fsp3) is 0.500. The van der Waals surface area contributed by atoms with Crippen molar-refractivity contribution in [3.05, 3.63) is 21.9 Å². The molecule has 120 valence electrons. The summed E-state index contributed by atoms with van der Waals surface area (Å²) in [5.41, 5.74) is -1.10. The minimum absolute atomic E-state index is 0.349. The summed E-state index contributed by atoms with van der Waals surface area (Å²) >= 11 is 1.15. The van der Waals surface area contributed by atoms with E-state index in [4.69, 9.17) is 0 Å². The van der Waals surface area contributed by atoms with Gasteiger partial charge in [-0.25, -0.2) is 0 Å². The number of hydrogen-bond donors (Lipinski definition) is 2. The van der Waals surface area contributed by atoms with E-state index in [1.165, 1.54) is 0 Å². The highest BCUT2D eigenvalue weighted by Crippen LogP contribution is 2.16. The van der Waals surface area contributed by atoms with Crippen LogP contribution in [0, 0.1) is 11.8 Å². The Bertz CT molecular complexity index is 589. The van der Waals surface area contributed by atoms with Crippen LogP contribution in [0.5, 0.6) is 0 Å². The molecular formula is C16H20NO4S-. The van der Waals surface area contributed by atoms with Gasteiger partial charge in [-0.2, -0.15) is 0 Å². The summed E-state index contributed by atoms with van der Waals surface area (Å²) in [5.74, 6) is 3.71. The molecular weight excluding hydrogens is 302 g/mol. The Morgan fingerprint density at radius 1 is 1.45 bits per heavy atom. The highest BCUT2D eigenvalue weighted by molar-refractivity contribution is 7.14. The molecule has 1 heterocycles. The molecule has 1 amide bonds. The van der Waals surface area contributed by atoms with E-state index in [0.29, 0.717) is 22.6 Å². The van der Waals surface area contributed by atoms with Gasteiger partial charge >= 0.3 is 0 Å². The SMILES string of the molecule is CCCC[C@H](NC(=O)c1ccc(C#CC(C)(C)O)s1)C(=O)[O-]. The lowest BCUT2D eigenvalue weighted by Gasteiger charge is -2.18. The van der Waals surface area contributed by atoms with Crippen molar-refractivity contribution in [2.24, 2.45) is 0 Å². The number of thiophene rings is 1. The van der Waals surface area contributed by atoms with Gasteiger partial charge in [0.15, 0.2) is 0 Å². The molecule has 5 nitrogen and oxygen atoms in total. The van der Waals surface area contributed by atoms with Gasteiger partial charge < -0.3 is 20.3 Å². The van der Waals surface area contributed by atoms with E-state index in [1.54, 1.807) is 26.0 Å². The topological polar surface area (TPSA) is 89.5 Å². The van der Waals surface area contributed by atoms with Crippen molar-refractivity contribution >= 4 is 23.2 Å². The molecule has 0 aliphatic carbocycles. The lowest BCUT2D eigenvalue weighted by atomic mass is 10.1. The summed E-state index contributed by atoms with van der Waals surface area (Å²) < 4.78 is 0. The number of carboxylic acid groups (broad SMARTS) is 1. The van der Waals surface area contributed by atoms with Gasteiger partial charge in [0.2, 0.25) is 0 Å². The number of aliphatic carboxylic acids is 1. The van der Waals surface area contributed by atoms with E-state index >= 15 is 0 Å². The van der Waals surface area contributed by atoms with Crippen LogP contribution in [0.1, 0.15) is 54.6 Å². The first-order valence-electron chi connectivity index (χ1n) is 7.10. The van der Waals surface area contributed by atoms with Gasteiger partial charge in [-0.1, -0.05) is 31.6 Å². The van der Waals surface area contributed by atoms with Crippen LogP contribution in [0.2, 0.25) is 0 Å². The summed E-state index contributed by atoms with van der Waals surface area (Å²) in [4.78, 5) is 24.1. The number of rotatable bonds is 6. The number of carbonyl (C=O) groups is 2. The number of carbonyl (C=O) groups excluding carboxylic acids is 2. The predicted octanol–water partition coefficient (Wildman–Crippen LogP) is 0.909. The smallest absolute Gasteiger partial charge is 0.261 e. The molecule has 0 saturated carbocycles. The van der Waals surface area contributed by atoms with Crippen LogP contribution < -0.4 is 10.4 Å². The molecule has 0 saturated heterocycles. The zero-order chi connectivity index (χ0) is 16.8. The zero-order valence-electron chi connectivity index (χ0n) is 12.9. The highest BCUT2D eigenvalue weighted by Gasteiger charge is 2.16. The molecule has 0 aliphatic rings. The number of unbranched alkanes of at least 4 members (excludes halogenated alkanes) is 1. The minimum atomic E-state index is -1.28. The molecule has 1 rings (SSSR count).